The zero-order valence-electron chi connectivity index (χ0n) is 11.6. The molecule has 1 aliphatic heterocycles. The van der Waals surface area contributed by atoms with E-state index in [0.717, 1.165) is 6.21 Å². The number of carbonyl (C=O) groups excluding carboxylic acids is 2. The minimum Gasteiger partial charge on any atom is -0.447 e. The van der Waals surface area contributed by atoms with E-state index in [9.17, 15) is 9.59 Å². The van der Waals surface area contributed by atoms with Gasteiger partial charge in [-0.3, -0.25) is 14.5 Å². The molecule has 2 heterocycles. The van der Waals surface area contributed by atoms with Crippen LogP contribution < -0.4 is 0 Å². The Balaban J connectivity index is 1.65. The van der Waals surface area contributed by atoms with Gasteiger partial charge in [-0.1, -0.05) is 18.1 Å². The average molecular weight is 292 g/mol. The molecule has 0 bridgehead atoms. The highest BCUT2D eigenvalue weighted by Crippen LogP contribution is 2.22. The maximum atomic E-state index is 12.1. The van der Waals surface area contributed by atoms with Gasteiger partial charge < -0.3 is 9.83 Å². The minimum absolute atomic E-state index is 0.248. The number of hydrogen-bond donors (Lipinski definition) is 1. The van der Waals surface area contributed by atoms with E-state index in [2.05, 4.69) is 11.8 Å². The van der Waals surface area contributed by atoms with Crippen LogP contribution >= 0.6 is 0 Å². The number of hydrogen-bond acceptors (Lipinski definition) is 4. The van der Waals surface area contributed by atoms with E-state index in [4.69, 9.17) is 9.83 Å². The quantitative estimate of drug-likeness (QED) is 0.536. The van der Waals surface area contributed by atoms with Gasteiger partial charge in [0.1, 0.15) is 5.76 Å². The van der Waals surface area contributed by atoms with Crippen molar-refractivity contribution in [3.8, 4) is 11.8 Å². The molecule has 22 heavy (non-hydrogen) atoms. The Labute approximate surface area is 127 Å². The third-order valence-corrected chi connectivity index (χ3v) is 3.32. The summed E-state index contributed by atoms with van der Waals surface area (Å²) < 4.78 is 5.23. The summed E-state index contributed by atoms with van der Waals surface area (Å²) in [6.45, 7) is 0.248. The fourth-order valence-electron chi connectivity index (χ4n) is 2.26. The molecule has 1 aromatic carbocycles. The Morgan fingerprint density at radius 1 is 1.09 bits per heavy atom. The largest absolute Gasteiger partial charge is 0.447 e. The highest BCUT2D eigenvalue weighted by atomic mass is 16.3. The number of fused-ring (bicyclic) bond motifs is 1. The lowest BCUT2D eigenvalue weighted by Crippen LogP contribution is -2.30. The van der Waals surface area contributed by atoms with Crippen molar-refractivity contribution in [1.29, 1.82) is 5.41 Å². The summed E-state index contributed by atoms with van der Waals surface area (Å²) in [4.78, 5) is 25.5. The second kappa shape index (κ2) is 5.70. The molecule has 0 radical (unpaired) electrons. The molecule has 3 rings (SSSR count). The van der Waals surface area contributed by atoms with Gasteiger partial charge in [0.2, 0.25) is 0 Å². The van der Waals surface area contributed by atoms with Gasteiger partial charge in [0.05, 0.1) is 17.3 Å². The average Bonchev–Trinajstić information content (AvgIpc) is 3.10. The zero-order valence-corrected chi connectivity index (χ0v) is 11.6. The summed E-state index contributed by atoms with van der Waals surface area (Å²) in [6, 6.07) is 10.1. The highest BCUT2D eigenvalue weighted by molar-refractivity contribution is 6.21. The van der Waals surface area contributed by atoms with E-state index in [1.165, 1.54) is 4.90 Å². The normalized spacial score (nSPS) is 12.8. The van der Waals surface area contributed by atoms with Crippen LogP contribution in [0.5, 0.6) is 0 Å². The van der Waals surface area contributed by atoms with Crippen molar-refractivity contribution < 1.29 is 14.0 Å². The number of nitrogens with zero attached hydrogens (tertiary/aromatic N) is 1. The Hall–Kier alpha value is -3.13. The van der Waals surface area contributed by atoms with Gasteiger partial charge in [0.25, 0.3) is 11.8 Å². The Morgan fingerprint density at radius 2 is 1.77 bits per heavy atom. The van der Waals surface area contributed by atoms with E-state index in [-0.39, 0.29) is 18.4 Å². The van der Waals surface area contributed by atoms with Crippen LogP contribution in [0.3, 0.4) is 0 Å². The van der Waals surface area contributed by atoms with E-state index >= 15 is 0 Å². The van der Waals surface area contributed by atoms with Gasteiger partial charge in [0, 0.05) is 13.0 Å². The summed E-state index contributed by atoms with van der Waals surface area (Å²) in [6.07, 6.45) is 1.47. The monoisotopic (exact) mass is 292 g/mol. The smallest absolute Gasteiger partial charge is 0.261 e. The Bertz CT molecular complexity index is 789. The number of rotatable bonds is 3. The third kappa shape index (κ3) is 2.42. The van der Waals surface area contributed by atoms with Gasteiger partial charge in [-0.2, -0.15) is 0 Å². The number of nitrogens with one attached hydrogen (secondary N) is 1. The first-order valence-electron chi connectivity index (χ1n) is 6.75. The minimum atomic E-state index is -0.272. The zero-order chi connectivity index (χ0) is 15.5. The van der Waals surface area contributed by atoms with Gasteiger partial charge >= 0.3 is 0 Å². The Kier molecular flexibility index (Phi) is 3.58. The topological polar surface area (TPSA) is 74.4 Å². The van der Waals surface area contributed by atoms with Crippen molar-refractivity contribution in [3.63, 3.8) is 0 Å². The maximum absolute atomic E-state index is 12.1. The number of imide groups is 1. The van der Waals surface area contributed by atoms with Crippen LogP contribution in [0.1, 0.15) is 38.7 Å². The summed E-state index contributed by atoms with van der Waals surface area (Å²) in [5.74, 6) is 6.02. The van der Waals surface area contributed by atoms with Crippen molar-refractivity contribution in [2.45, 2.75) is 6.42 Å². The van der Waals surface area contributed by atoms with E-state index in [1.807, 2.05) is 0 Å². The molecule has 2 amide bonds. The van der Waals surface area contributed by atoms with Crippen molar-refractivity contribution >= 4 is 18.0 Å². The van der Waals surface area contributed by atoms with E-state index in [0.29, 0.717) is 29.1 Å². The Morgan fingerprint density at radius 3 is 2.36 bits per heavy atom. The van der Waals surface area contributed by atoms with Crippen molar-refractivity contribution in [3.05, 3.63) is 59.0 Å². The molecule has 1 aliphatic rings. The molecule has 0 saturated carbocycles. The molecule has 0 atom stereocenters. The number of furan rings is 1. The van der Waals surface area contributed by atoms with Gasteiger partial charge in [-0.05, 0) is 30.2 Å². The van der Waals surface area contributed by atoms with E-state index in [1.54, 1.807) is 36.4 Å². The van der Waals surface area contributed by atoms with Crippen molar-refractivity contribution in [2.24, 2.45) is 0 Å². The summed E-state index contributed by atoms with van der Waals surface area (Å²) in [5.41, 5.74) is 0.893. The summed E-state index contributed by atoms with van der Waals surface area (Å²) in [5, 5.41) is 7.04. The molecular weight excluding hydrogens is 280 g/mol. The second-order valence-corrected chi connectivity index (χ2v) is 4.71. The molecule has 5 nitrogen and oxygen atoms in total. The van der Waals surface area contributed by atoms with Gasteiger partial charge in [-0.25, -0.2) is 0 Å². The van der Waals surface area contributed by atoms with E-state index < -0.39 is 0 Å². The summed E-state index contributed by atoms with van der Waals surface area (Å²) >= 11 is 0. The first-order chi connectivity index (χ1) is 10.7. The SMILES string of the molecule is N=Cc1ccc(C#CCCN2C(=O)c3ccccc3C2=O)o1. The number of benzene rings is 1. The van der Waals surface area contributed by atoms with Crippen molar-refractivity contribution in [2.75, 3.05) is 6.54 Å². The van der Waals surface area contributed by atoms with Crippen LogP contribution in [0.15, 0.2) is 40.8 Å². The van der Waals surface area contributed by atoms with Crippen molar-refractivity contribution in [1.82, 2.24) is 4.90 Å². The van der Waals surface area contributed by atoms with Crippen LogP contribution in [-0.2, 0) is 0 Å². The molecule has 0 aliphatic carbocycles. The molecule has 1 N–H and O–H groups in total. The lowest BCUT2D eigenvalue weighted by molar-refractivity contribution is 0.0658. The first kappa shape index (κ1) is 13.8. The fraction of sp³-hybridized carbons (Fsp3) is 0.118. The summed E-state index contributed by atoms with van der Waals surface area (Å²) in [7, 11) is 0. The van der Waals surface area contributed by atoms with Crippen LogP contribution in [0.25, 0.3) is 0 Å². The molecular formula is C17H12N2O3. The van der Waals surface area contributed by atoms with Crippen LogP contribution in [0, 0.1) is 17.3 Å². The second-order valence-electron chi connectivity index (χ2n) is 4.71. The first-order valence-corrected chi connectivity index (χ1v) is 6.75. The van der Waals surface area contributed by atoms with Gasteiger partial charge in [-0.15, -0.1) is 0 Å². The van der Waals surface area contributed by atoms with Crippen LogP contribution in [-0.4, -0.2) is 29.5 Å². The highest BCUT2D eigenvalue weighted by Gasteiger charge is 2.34. The number of carbonyl (C=O) groups is 2. The van der Waals surface area contributed by atoms with Crippen LogP contribution in [0.4, 0.5) is 0 Å². The predicted molar refractivity (Wildman–Crippen MR) is 79.9 cm³/mol. The van der Waals surface area contributed by atoms with Crippen LogP contribution in [0.2, 0.25) is 0 Å². The standard InChI is InChI=1S/C17H12N2O3/c18-11-13-9-8-12(22-13)5-3-4-10-19-16(20)14-6-1-2-7-15(14)17(19)21/h1-2,6-9,11,18H,4,10H2. The molecule has 1 aromatic heterocycles. The molecule has 108 valence electrons. The number of amides is 2. The molecule has 0 unspecified atom stereocenters. The molecule has 0 fully saturated rings. The third-order valence-electron chi connectivity index (χ3n) is 3.32. The molecule has 5 heteroatoms. The fourth-order valence-corrected chi connectivity index (χ4v) is 2.26. The lowest BCUT2D eigenvalue weighted by atomic mass is 10.1. The maximum Gasteiger partial charge on any atom is 0.261 e. The molecule has 0 saturated heterocycles. The lowest BCUT2D eigenvalue weighted by Gasteiger charge is -2.10. The predicted octanol–water partition coefficient (Wildman–Crippen LogP) is 2.32. The molecule has 2 aromatic rings. The van der Waals surface area contributed by atoms with Gasteiger partial charge in [0.15, 0.2) is 5.76 Å². The molecule has 0 spiro atoms.